The van der Waals surface area contributed by atoms with Crippen LogP contribution in [0.4, 0.5) is 5.69 Å². The van der Waals surface area contributed by atoms with Gasteiger partial charge in [-0.25, -0.2) is 9.67 Å². The molecule has 166 valence electrons. The summed E-state index contributed by atoms with van der Waals surface area (Å²) in [5, 5.41) is 9.44. The van der Waals surface area contributed by atoms with E-state index in [2.05, 4.69) is 28.9 Å². The van der Waals surface area contributed by atoms with Crippen molar-refractivity contribution < 1.29 is 9.63 Å². The molecule has 0 unspecified atom stereocenters. The van der Waals surface area contributed by atoms with Gasteiger partial charge in [0.2, 0.25) is 5.91 Å². The zero-order valence-electron chi connectivity index (χ0n) is 18.5. The molecule has 8 nitrogen and oxygen atoms in total. The fourth-order valence-electron chi connectivity index (χ4n) is 5.13. The minimum atomic E-state index is -0.369. The molecule has 0 radical (unpaired) electrons. The molecule has 1 amide bonds. The van der Waals surface area contributed by atoms with E-state index >= 15 is 0 Å². The molecule has 2 N–H and O–H groups in total. The smallest absolute Gasteiger partial charge is 0.219 e. The quantitative estimate of drug-likeness (QED) is 0.782. The van der Waals surface area contributed by atoms with Gasteiger partial charge in [0.1, 0.15) is 5.60 Å². The van der Waals surface area contributed by atoms with Crippen LogP contribution in [0.5, 0.6) is 0 Å². The lowest BCUT2D eigenvalue weighted by Crippen LogP contribution is -2.46. The van der Waals surface area contributed by atoms with Crippen LogP contribution in [0.1, 0.15) is 64.4 Å². The van der Waals surface area contributed by atoms with Crippen LogP contribution < -0.4 is 10.8 Å². The van der Waals surface area contributed by atoms with Gasteiger partial charge < -0.3 is 10.2 Å². The molecule has 2 aromatic heterocycles. The molecule has 5 rings (SSSR count). The number of hydroxylamine groups is 1. The number of anilines is 1. The lowest BCUT2D eigenvalue weighted by Gasteiger charge is -2.36. The van der Waals surface area contributed by atoms with E-state index in [0.717, 1.165) is 47.4 Å². The van der Waals surface area contributed by atoms with Crippen molar-refractivity contribution in [3.63, 3.8) is 0 Å². The molecule has 1 spiro atoms. The van der Waals surface area contributed by atoms with E-state index in [1.165, 1.54) is 32.1 Å². The minimum Gasteiger partial charge on any atom is -0.381 e. The summed E-state index contributed by atoms with van der Waals surface area (Å²) in [5.74, 6) is 0.131. The largest absolute Gasteiger partial charge is 0.381 e. The number of nitrogens with zero attached hydrogens (tertiary/aromatic N) is 4. The first kappa shape index (κ1) is 20.3. The molecule has 0 bridgehead atoms. The molecule has 0 aromatic carbocycles. The van der Waals surface area contributed by atoms with Gasteiger partial charge in [-0.3, -0.25) is 15.1 Å². The van der Waals surface area contributed by atoms with E-state index in [1.807, 2.05) is 22.0 Å². The molecule has 2 fully saturated rings. The molecule has 8 heteroatoms. The van der Waals surface area contributed by atoms with Crippen LogP contribution in [-0.4, -0.2) is 50.3 Å². The third kappa shape index (κ3) is 3.78. The molecule has 1 aliphatic carbocycles. The van der Waals surface area contributed by atoms with Gasteiger partial charge in [0.05, 0.1) is 23.0 Å². The van der Waals surface area contributed by atoms with E-state index in [9.17, 15) is 4.79 Å². The number of likely N-dealkylation sites (tertiary alicyclic amines) is 1. The van der Waals surface area contributed by atoms with Gasteiger partial charge in [-0.15, -0.1) is 0 Å². The summed E-state index contributed by atoms with van der Waals surface area (Å²) in [6, 6.07) is 0.471. The molecule has 0 atom stereocenters. The van der Waals surface area contributed by atoms with Gasteiger partial charge in [-0.1, -0.05) is 19.3 Å². The van der Waals surface area contributed by atoms with Gasteiger partial charge in [-0.05, 0) is 25.8 Å². The van der Waals surface area contributed by atoms with Gasteiger partial charge in [0.25, 0.3) is 0 Å². The van der Waals surface area contributed by atoms with Crippen molar-refractivity contribution in [3.8, 4) is 0 Å². The lowest BCUT2D eigenvalue weighted by molar-refractivity contribution is -0.134. The van der Waals surface area contributed by atoms with Crippen molar-refractivity contribution in [1.29, 1.82) is 0 Å². The first-order valence-corrected chi connectivity index (χ1v) is 11.6. The molecule has 3 aliphatic rings. The standard InChI is InChI=1S/C23H32N6O2/c1-3-29-22-19(15-25-29)21(26-17-7-5-4-6-8-17)18(14-24-22)20-13-23(31-27-20)9-11-28(12-10-23)16(2)30/h13-15,17,27H,3-12H2,1-2H3,(H,24,26). The number of nitrogens with one attached hydrogen (secondary N) is 2. The molecule has 31 heavy (non-hydrogen) atoms. The number of rotatable bonds is 4. The summed E-state index contributed by atoms with van der Waals surface area (Å²) in [4.78, 5) is 24.4. The van der Waals surface area contributed by atoms with Crippen molar-refractivity contribution in [2.45, 2.75) is 77.0 Å². The maximum absolute atomic E-state index is 11.7. The van der Waals surface area contributed by atoms with E-state index in [1.54, 1.807) is 6.92 Å². The third-order valence-electron chi connectivity index (χ3n) is 7.04. The summed E-state index contributed by atoms with van der Waals surface area (Å²) in [6.07, 6.45) is 13.9. The Labute approximate surface area is 183 Å². The lowest BCUT2D eigenvalue weighted by atomic mass is 9.90. The molecular weight excluding hydrogens is 392 g/mol. The van der Waals surface area contributed by atoms with Crippen LogP contribution in [0.25, 0.3) is 16.7 Å². The van der Waals surface area contributed by atoms with Crippen LogP contribution in [0.15, 0.2) is 18.5 Å². The van der Waals surface area contributed by atoms with Gasteiger partial charge in [0, 0.05) is 57.2 Å². The molecule has 1 saturated heterocycles. The third-order valence-corrected chi connectivity index (χ3v) is 7.04. The predicted octanol–water partition coefficient (Wildman–Crippen LogP) is 3.45. The Hall–Kier alpha value is -2.61. The predicted molar refractivity (Wildman–Crippen MR) is 120 cm³/mol. The number of carbonyl (C=O) groups excluding carboxylic acids is 1. The molecular formula is C23H32N6O2. The number of carbonyl (C=O) groups is 1. The second kappa shape index (κ2) is 8.15. The SMILES string of the molecule is CCn1ncc2c(NC3CCCCC3)c(C3=CC4(CCN(C(C)=O)CC4)ON3)cnc21. The minimum absolute atomic E-state index is 0.131. The van der Waals surface area contributed by atoms with E-state index in [0.29, 0.717) is 19.1 Å². The van der Waals surface area contributed by atoms with Crippen molar-refractivity contribution in [1.82, 2.24) is 25.1 Å². The second-order valence-corrected chi connectivity index (χ2v) is 9.06. The molecule has 1 saturated carbocycles. The van der Waals surface area contributed by atoms with Crippen molar-refractivity contribution >= 4 is 28.3 Å². The molecule has 4 heterocycles. The van der Waals surface area contributed by atoms with Crippen LogP contribution in [0, 0.1) is 0 Å². The number of pyridine rings is 1. The number of amides is 1. The molecule has 2 aromatic rings. The van der Waals surface area contributed by atoms with Crippen LogP contribution >= 0.6 is 0 Å². The summed E-state index contributed by atoms with van der Waals surface area (Å²) < 4.78 is 1.94. The number of aromatic nitrogens is 3. The zero-order chi connectivity index (χ0) is 21.4. The highest BCUT2D eigenvalue weighted by Crippen LogP contribution is 2.39. The monoisotopic (exact) mass is 424 g/mol. The Morgan fingerprint density at radius 3 is 2.74 bits per heavy atom. The average Bonchev–Trinajstić information content (AvgIpc) is 3.39. The Morgan fingerprint density at radius 1 is 1.26 bits per heavy atom. The molecule has 2 aliphatic heterocycles. The summed E-state index contributed by atoms with van der Waals surface area (Å²) in [6.45, 7) is 5.94. The van der Waals surface area contributed by atoms with E-state index in [4.69, 9.17) is 9.82 Å². The summed E-state index contributed by atoms with van der Waals surface area (Å²) >= 11 is 0. The van der Waals surface area contributed by atoms with Crippen molar-refractivity contribution in [2.75, 3.05) is 18.4 Å². The van der Waals surface area contributed by atoms with Gasteiger partial charge in [-0.2, -0.15) is 5.10 Å². The van der Waals surface area contributed by atoms with Crippen molar-refractivity contribution in [3.05, 3.63) is 24.0 Å². The van der Waals surface area contributed by atoms with Crippen LogP contribution in [-0.2, 0) is 16.2 Å². The number of hydrogen-bond donors (Lipinski definition) is 2. The number of piperidine rings is 1. The number of aryl methyl sites for hydroxylation is 1. The first-order valence-electron chi connectivity index (χ1n) is 11.6. The fraction of sp³-hybridized carbons (Fsp3) is 0.609. The second-order valence-electron chi connectivity index (χ2n) is 9.06. The van der Waals surface area contributed by atoms with Gasteiger partial charge >= 0.3 is 0 Å². The highest BCUT2D eigenvalue weighted by atomic mass is 16.7. The van der Waals surface area contributed by atoms with Crippen LogP contribution in [0.3, 0.4) is 0 Å². The summed E-state index contributed by atoms with van der Waals surface area (Å²) in [5.41, 5.74) is 6.81. The highest BCUT2D eigenvalue weighted by Gasteiger charge is 2.40. The topological polar surface area (TPSA) is 84.3 Å². The Morgan fingerprint density at radius 2 is 2.03 bits per heavy atom. The first-order chi connectivity index (χ1) is 15.1. The number of hydrogen-bond acceptors (Lipinski definition) is 6. The average molecular weight is 425 g/mol. The number of fused-ring (bicyclic) bond motifs is 1. The zero-order valence-corrected chi connectivity index (χ0v) is 18.5. The Bertz CT molecular complexity index is 999. The van der Waals surface area contributed by atoms with E-state index < -0.39 is 0 Å². The normalized spacial score (nSPS) is 21.4. The maximum Gasteiger partial charge on any atom is 0.219 e. The maximum atomic E-state index is 11.7. The van der Waals surface area contributed by atoms with E-state index in [-0.39, 0.29) is 11.5 Å². The Kier molecular flexibility index (Phi) is 5.33. The fourth-order valence-corrected chi connectivity index (χ4v) is 5.13. The van der Waals surface area contributed by atoms with Gasteiger partial charge in [0.15, 0.2) is 5.65 Å². The highest BCUT2D eigenvalue weighted by molar-refractivity contribution is 5.95. The van der Waals surface area contributed by atoms with Crippen molar-refractivity contribution in [2.24, 2.45) is 0 Å². The Balaban J connectivity index is 1.49. The summed E-state index contributed by atoms with van der Waals surface area (Å²) in [7, 11) is 0. The van der Waals surface area contributed by atoms with Crippen LogP contribution in [0.2, 0.25) is 0 Å².